The first-order chi connectivity index (χ1) is 13.8. The summed E-state index contributed by atoms with van der Waals surface area (Å²) < 4.78 is 29.2. The number of carbonyl (C=O) groups excluding carboxylic acids is 2. The zero-order valence-corrected chi connectivity index (χ0v) is 18.9. The molecule has 1 amide bonds. The van der Waals surface area contributed by atoms with Gasteiger partial charge in [-0.15, -0.1) is 11.3 Å². The average Bonchev–Trinajstić information content (AvgIpc) is 3.41. The zero-order chi connectivity index (χ0) is 21.0. The van der Waals surface area contributed by atoms with E-state index in [2.05, 4.69) is 13.8 Å². The van der Waals surface area contributed by atoms with E-state index < -0.39 is 15.8 Å². The Hall–Kier alpha value is -1.41. The number of thiophene rings is 1. The molecule has 29 heavy (non-hydrogen) atoms. The zero-order valence-electron chi connectivity index (χ0n) is 17.3. The van der Waals surface area contributed by atoms with Gasteiger partial charge in [0.15, 0.2) is 16.4 Å². The fourth-order valence-electron chi connectivity index (χ4n) is 4.46. The third kappa shape index (κ3) is 5.40. The molecule has 0 bridgehead atoms. The predicted molar refractivity (Wildman–Crippen MR) is 114 cm³/mol. The molecule has 2 fully saturated rings. The SMILES string of the molecule is CCCc1sc(C(=O)OCC(=O)N(C2CCCC2)C2CCS(=O)(=O)C2)cc1CC. The molecule has 6 nitrogen and oxygen atoms in total. The normalized spacial score (nSPS) is 21.4. The van der Waals surface area contributed by atoms with Gasteiger partial charge in [0.2, 0.25) is 0 Å². The van der Waals surface area contributed by atoms with Crippen molar-refractivity contribution in [1.29, 1.82) is 0 Å². The Kier molecular flexibility index (Phi) is 7.37. The maximum absolute atomic E-state index is 13.0. The highest BCUT2D eigenvalue weighted by molar-refractivity contribution is 7.91. The Morgan fingerprint density at radius 3 is 2.48 bits per heavy atom. The van der Waals surface area contributed by atoms with Crippen molar-refractivity contribution >= 4 is 33.1 Å². The first-order valence-electron chi connectivity index (χ1n) is 10.6. The van der Waals surface area contributed by atoms with E-state index in [-0.39, 0.29) is 36.1 Å². The lowest BCUT2D eigenvalue weighted by atomic mass is 10.1. The monoisotopic (exact) mass is 441 g/mol. The molecular weight excluding hydrogens is 410 g/mol. The maximum Gasteiger partial charge on any atom is 0.348 e. The largest absolute Gasteiger partial charge is 0.451 e. The molecule has 1 aliphatic heterocycles. The quantitative estimate of drug-likeness (QED) is 0.578. The molecule has 1 aliphatic carbocycles. The first kappa shape index (κ1) is 22.3. The minimum atomic E-state index is -3.09. The molecule has 8 heteroatoms. The molecule has 2 heterocycles. The first-order valence-corrected chi connectivity index (χ1v) is 13.3. The van der Waals surface area contributed by atoms with Gasteiger partial charge in [-0.25, -0.2) is 13.2 Å². The molecule has 3 rings (SSSR count). The van der Waals surface area contributed by atoms with E-state index in [0.29, 0.717) is 11.3 Å². The summed E-state index contributed by atoms with van der Waals surface area (Å²) in [6.45, 7) is 3.85. The molecule has 162 valence electrons. The lowest BCUT2D eigenvalue weighted by molar-refractivity contribution is -0.139. The van der Waals surface area contributed by atoms with Gasteiger partial charge in [-0.1, -0.05) is 33.1 Å². The van der Waals surface area contributed by atoms with Crippen molar-refractivity contribution in [2.75, 3.05) is 18.1 Å². The maximum atomic E-state index is 13.0. The summed E-state index contributed by atoms with van der Waals surface area (Å²) in [6, 6.07) is 1.64. The fourth-order valence-corrected chi connectivity index (χ4v) is 7.42. The van der Waals surface area contributed by atoms with Crippen LogP contribution >= 0.6 is 11.3 Å². The molecule has 1 aromatic rings. The molecule has 0 aromatic carbocycles. The van der Waals surface area contributed by atoms with E-state index in [1.165, 1.54) is 21.8 Å². The summed E-state index contributed by atoms with van der Waals surface area (Å²) in [5.41, 5.74) is 1.17. The highest BCUT2D eigenvalue weighted by atomic mass is 32.2. The van der Waals surface area contributed by atoms with Crippen LogP contribution < -0.4 is 0 Å². The molecule has 1 saturated carbocycles. The summed E-state index contributed by atoms with van der Waals surface area (Å²) in [7, 11) is -3.09. The number of rotatable bonds is 8. The number of carbonyl (C=O) groups is 2. The van der Waals surface area contributed by atoms with Crippen LogP contribution in [0.2, 0.25) is 0 Å². The van der Waals surface area contributed by atoms with Crippen LogP contribution in [0.15, 0.2) is 6.07 Å². The number of hydrogen-bond donors (Lipinski definition) is 0. The minimum Gasteiger partial charge on any atom is -0.451 e. The molecule has 2 aliphatic rings. The lowest BCUT2D eigenvalue weighted by Crippen LogP contribution is -2.48. The van der Waals surface area contributed by atoms with Crippen LogP contribution in [-0.4, -0.2) is 55.4 Å². The third-order valence-corrected chi connectivity index (χ3v) is 8.86. The number of aryl methyl sites for hydroxylation is 2. The van der Waals surface area contributed by atoms with Gasteiger partial charge >= 0.3 is 5.97 Å². The number of esters is 1. The molecule has 1 unspecified atom stereocenters. The Labute approximate surface area is 177 Å². The van der Waals surface area contributed by atoms with Crippen LogP contribution in [0.25, 0.3) is 0 Å². The molecule has 0 radical (unpaired) electrons. The van der Waals surface area contributed by atoms with Gasteiger partial charge in [-0.2, -0.15) is 0 Å². The molecular formula is C21H31NO5S2. The van der Waals surface area contributed by atoms with Gasteiger partial charge in [-0.05, 0) is 43.7 Å². The summed E-state index contributed by atoms with van der Waals surface area (Å²) in [6.07, 6.45) is 7.16. The predicted octanol–water partition coefficient (Wildman–Crippen LogP) is 3.38. The molecule has 1 saturated heterocycles. The van der Waals surface area contributed by atoms with Crippen LogP contribution in [0.3, 0.4) is 0 Å². The van der Waals surface area contributed by atoms with Crippen molar-refractivity contribution in [3.63, 3.8) is 0 Å². The highest BCUT2D eigenvalue weighted by Crippen LogP contribution is 2.30. The van der Waals surface area contributed by atoms with Gasteiger partial charge < -0.3 is 9.64 Å². The van der Waals surface area contributed by atoms with Crippen molar-refractivity contribution in [3.8, 4) is 0 Å². The van der Waals surface area contributed by atoms with E-state index in [0.717, 1.165) is 44.9 Å². The van der Waals surface area contributed by atoms with E-state index in [4.69, 9.17) is 4.74 Å². The number of hydrogen-bond acceptors (Lipinski definition) is 6. The van der Waals surface area contributed by atoms with Gasteiger partial charge in [0.25, 0.3) is 5.91 Å². The van der Waals surface area contributed by atoms with E-state index in [1.54, 1.807) is 4.90 Å². The Balaban J connectivity index is 1.66. The lowest BCUT2D eigenvalue weighted by Gasteiger charge is -2.33. The van der Waals surface area contributed by atoms with Crippen molar-refractivity contribution in [1.82, 2.24) is 4.90 Å². The number of nitrogens with zero attached hydrogens (tertiary/aromatic N) is 1. The van der Waals surface area contributed by atoms with Gasteiger partial charge in [0, 0.05) is 17.0 Å². The second kappa shape index (κ2) is 9.60. The van der Waals surface area contributed by atoms with Gasteiger partial charge in [-0.3, -0.25) is 4.79 Å². The second-order valence-electron chi connectivity index (χ2n) is 8.03. The van der Waals surface area contributed by atoms with Crippen molar-refractivity contribution in [2.24, 2.45) is 0 Å². The van der Waals surface area contributed by atoms with E-state index in [1.807, 2.05) is 6.07 Å². The standard InChI is InChI=1S/C21H31NO5S2/c1-3-7-18-15(4-2)12-19(28-18)21(24)27-13-20(23)22(16-8-5-6-9-16)17-10-11-29(25,26)14-17/h12,16-17H,3-11,13-14H2,1-2H3. The highest BCUT2D eigenvalue weighted by Gasteiger charge is 2.39. The number of amides is 1. The minimum absolute atomic E-state index is 0.0222. The summed E-state index contributed by atoms with van der Waals surface area (Å²) in [4.78, 5) is 28.9. The molecule has 0 N–H and O–H groups in total. The second-order valence-corrected chi connectivity index (χ2v) is 11.4. The fraction of sp³-hybridized carbons (Fsp3) is 0.714. The number of ether oxygens (including phenoxy) is 1. The average molecular weight is 442 g/mol. The van der Waals surface area contributed by atoms with Gasteiger partial charge in [0.1, 0.15) is 4.88 Å². The van der Waals surface area contributed by atoms with Crippen molar-refractivity contribution in [2.45, 2.75) is 77.3 Å². The smallest absolute Gasteiger partial charge is 0.348 e. The topological polar surface area (TPSA) is 80.8 Å². The Morgan fingerprint density at radius 2 is 1.90 bits per heavy atom. The Morgan fingerprint density at radius 1 is 1.17 bits per heavy atom. The van der Waals surface area contributed by atoms with Crippen LogP contribution in [0.5, 0.6) is 0 Å². The summed E-state index contributed by atoms with van der Waals surface area (Å²) in [5, 5.41) is 0. The van der Waals surface area contributed by atoms with Crippen molar-refractivity contribution < 1.29 is 22.7 Å². The summed E-state index contributed by atoms with van der Waals surface area (Å²) >= 11 is 1.45. The molecule has 0 spiro atoms. The van der Waals surface area contributed by atoms with Crippen LogP contribution in [0.4, 0.5) is 0 Å². The van der Waals surface area contributed by atoms with Crippen LogP contribution in [0.1, 0.15) is 72.5 Å². The Bertz CT molecular complexity index is 839. The van der Waals surface area contributed by atoms with Gasteiger partial charge in [0.05, 0.1) is 11.5 Å². The van der Waals surface area contributed by atoms with E-state index >= 15 is 0 Å². The van der Waals surface area contributed by atoms with Crippen molar-refractivity contribution in [3.05, 3.63) is 21.4 Å². The molecule has 1 aromatic heterocycles. The van der Waals surface area contributed by atoms with Crippen LogP contribution in [0, 0.1) is 0 Å². The third-order valence-electron chi connectivity index (χ3n) is 5.89. The molecule has 1 atom stereocenters. The summed E-state index contributed by atoms with van der Waals surface area (Å²) in [5.74, 6) is -0.587. The number of sulfone groups is 1. The van der Waals surface area contributed by atoms with E-state index in [9.17, 15) is 18.0 Å². The van der Waals surface area contributed by atoms with Crippen LogP contribution in [-0.2, 0) is 32.2 Å².